The van der Waals surface area contributed by atoms with Crippen LogP contribution in [0.4, 0.5) is 5.82 Å². The van der Waals surface area contributed by atoms with Crippen molar-refractivity contribution < 1.29 is 4.79 Å². The van der Waals surface area contributed by atoms with Crippen LogP contribution in [0.1, 0.15) is 10.5 Å². The molecular weight excluding hydrogens is 392 g/mol. The molecule has 3 aromatic rings. The molecule has 24 heavy (non-hydrogen) atoms. The van der Waals surface area contributed by atoms with E-state index in [0.717, 1.165) is 5.69 Å². The van der Waals surface area contributed by atoms with Gasteiger partial charge >= 0.3 is 0 Å². The molecule has 3 rings (SSSR count). The zero-order chi connectivity index (χ0) is 17.1. The van der Waals surface area contributed by atoms with Gasteiger partial charge in [0.2, 0.25) is 0 Å². The molecule has 0 aliphatic heterocycles. The second-order valence-electron chi connectivity index (χ2n) is 4.76. The third-order valence-corrected chi connectivity index (χ3v) is 4.31. The van der Waals surface area contributed by atoms with Gasteiger partial charge in [-0.1, -0.05) is 17.8 Å². The molecule has 9 heteroatoms. The lowest BCUT2D eigenvalue weighted by atomic mass is 10.3. The third-order valence-electron chi connectivity index (χ3n) is 3.17. The summed E-state index contributed by atoms with van der Waals surface area (Å²) < 4.78 is 2.12. The van der Waals surface area contributed by atoms with Gasteiger partial charge < -0.3 is 5.32 Å². The number of hydrogen-bond donors (Lipinski definition) is 1. The lowest BCUT2D eigenvalue weighted by Crippen LogP contribution is -2.17. The molecule has 0 aliphatic carbocycles. The summed E-state index contributed by atoms with van der Waals surface area (Å²) in [6.07, 6.45) is 5.12. The number of aryl methyl sites for hydroxylation is 1. The lowest BCUT2D eigenvalue weighted by Gasteiger charge is -2.06. The Labute approximate surface area is 151 Å². The zero-order valence-corrected chi connectivity index (χ0v) is 15.3. The maximum Gasteiger partial charge on any atom is 0.276 e. The molecule has 0 aromatic carbocycles. The lowest BCUT2D eigenvalue weighted by molar-refractivity contribution is 0.101. The van der Waals surface area contributed by atoms with E-state index in [1.54, 1.807) is 30.2 Å². The van der Waals surface area contributed by atoms with Gasteiger partial charge in [0.05, 0.1) is 10.2 Å². The molecule has 0 unspecified atom stereocenters. The number of amides is 1. The molecule has 7 nitrogen and oxygen atoms in total. The molecule has 3 heterocycles. The fourth-order valence-corrected chi connectivity index (χ4v) is 2.72. The average molecular weight is 405 g/mol. The number of aromatic nitrogens is 5. The minimum Gasteiger partial charge on any atom is -0.305 e. The van der Waals surface area contributed by atoms with E-state index < -0.39 is 0 Å². The molecule has 0 radical (unpaired) electrons. The Morgan fingerprint density at radius 2 is 2.12 bits per heavy atom. The minimum atomic E-state index is -0.338. The van der Waals surface area contributed by atoms with E-state index in [1.807, 2.05) is 24.5 Å². The van der Waals surface area contributed by atoms with Gasteiger partial charge in [0.25, 0.3) is 5.91 Å². The molecule has 0 atom stereocenters. The van der Waals surface area contributed by atoms with Crippen molar-refractivity contribution in [3.63, 3.8) is 0 Å². The number of rotatable bonds is 4. The Bertz CT molecular complexity index is 883. The highest BCUT2D eigenvalue weighted by Crippen LogP contribution is 2.21. The number of carbonyl (C=O) groups excluding carboxylic acids is 1. The summed E-state index contributed by atoms with van der Waals surface area (Å²) in [7, 11) is 1.75. The molecule has 0 saturated heterocycles. The first-order chi connectivity index (χ1) is 11.6. The highest BCUT2D eigenvalue weighted by atomic mass is 79.9. The third kappa shape index (κ3) is 3.46. The van der Waals surface area contributed by atoms with Crippen LogP contribution in [0.25, 0.3) is 11.4 Å². The van der Waals surface area contributed by atoms with E-state index in [-0.39, 0.29) is 11.6 Å². The Hall–Kier alpha value is -2.26. The standard InChI is InChI=1S/C15H13BrN6OS/c1-22-12(7-11(21-22)10-5-3-4-6-17-10)19-14(23)13-9(16)8-18-15(20-13)24-2/h3-8H,1-2H3,(H,19,23). The first-order valence-electron chi connectivity index (χ1n) is 6.92. The van der Waals surface area contributed by atoms with Crippen LogP contribution in [-0.2, 0) is 7.05 Å². The highest BCUT2D eigenvalue weighted by Gasteiger charge is 2.16. The number of nitrogens with zero attached hydrogens (tertiary/aromatic N) is 5. The van der Waals surface area contributed by atoms with E-state index in [9.17, 15) is 4.79 Å². The maximum atomic E-state index is 12.5. The predicted octanol–water partition coefficient (Wildman–Crippen LogP) is 3.01. The number of hydrogen-bond acceptors (Lipinski definition) is 6. The van der Waals surface area contributed by atoms with Crippen molar-refractivity contribution in [3.05, 3.63) is 46.8 Å². The van der Waals surface area contributed by atoms with Crippen molar-refractivity contribution in [2.75, 3.05) is 11.6 Å². The summed E-state index contributed by atoms with van der Waals surface area (Å²) in [4.78, 5) is 25.1. The van der Waals surface area contributed by atoms with Gasteiger partial charge in [0.15, 0.2) is 5.16 Å². The van der Waals surface area contributed by atoms with Crippen LogP contribution in [0.15, 0.2) is 46.3 Å². The minimum absolute atomic E-state index is 0.273. The first kappa shape index (κ1) is 16.6. The van der Waals surface area contributed by atoms with Gasteiger partial charge in [-0.15, -0.1) is 0 Å². The number of anilines is 1. The van der Waals surface area contributed by atoms with Crippen LogP contribution in [0.5, 0.6) is 0 Å². The van der Waals surface area contributed by atoms with Crippen LogP contribution in [0, 0.1) is 0 Å². The monoisotopic (exact) mass is 404 g/mol. The Morgan fingerprint density at radius 1 is 1.29 bits per heavy atom. The van der Waals surface area contributed by atoms with E-state index in [1.165, 1.54) is 11.8 Å². The molecule has 0 aliphatic rings. The van der Waals surface area contributed by atoms with Gasteiger partial charge in [-0.3, -0.25) is 14.5 Å². The van der Waals surface area contributed by atoms with Crippen molar-refractivity contribution in [1.82, 2.24) is 24.7 Å². The van der Waals surface area contributed by atoms with Crippen LogP contribution in [0.3, 0.4) is 0 Å². The average Bonchev–Trinajstić information content (AvgIpc) is 2.97. The van der Waals surface area contributed by atoms with Crippen LogP contribution < -0.4 is 5.32 Å². The summed E-state index contributed by atoms with van der Waals surface area (Å²) in [5, 5.41) is 7.72. The maximum absolute atomic E-state index is 12.5. The van der Waals surface area contributed by atoms with E-state index in [0.29, 0.717) is 21.1 Å². The van der Waals surface area contributed by atoms with Gasteiger partial charge in [0.1, 0.15) is 17.2 Å². The SMILES string of the molecule is CSc1ncc(Br)c(C(=O)Nc2cc(-c3ccccn3)nn2C)n1. The van der Waals surface area contributed by atoms with Gasteiger partial charge in [-0.2, -0.15) is 5.10 Å². The number of carbonyl (C=O) groups is 1. The van der Waals surface area contributed by atoms with Crippen LogP contribution in [-0.4, -0.2) is 36.9 Å². The van der Waals surface area contributed by atoms with Crippen molar-refractivity contribution in [2.24, 2.45) is 7.05 Å². The van der Waals surface area contributed by atoms with Crippen LogP contribution >= 0.6 is 27.7 Å². The van der Waals surface area contributed by atoms with Gasteiger partial charge in [-0.25, -0.2) is 9.97 Å². The predicted molar refractivity (Wildman–Crippen MR) is 95.9 cm³/mol. The van der Waals surface area contributed by atoms with Crippen molar-refractivity contribution >= 4 is 39.4 Å². The Morgan fingerprint density at radius 3 is 2.83 bits per heavy atom. The topological polar surface area (TPSA) is 85.6 Å². The summed E-state index contributed by atoms with van der Waals surface area (Å²) in [6, 6.07) is 7.35. The second kappa shape index (κ2) is 7.10. The van der Waals surface area contributed by atoms with Crippen molar-refractivity contribution in [2.45, 2.75) is 5.16 Å². The van der Waals surface area contributed by atoms with E-state index in [2.05, 4.69) is 41.3 Å². The smallest absolute Gasteiger partial charge is 0.276 e. The summed E-state index contributed by atoms with van der Waals surface area (Å²) in [5.74, 6) is 0.215. The summed E-state index contributed by atoms with van der Waals surface area (Å²) >= 11 is 4.68. The fraction of sp³-hybridized carbons (Fsp3) is 0.133. The molecule has 3 aromatic heterocycles. The van der Waals surface area contributed by atoms with E-state index >= 15 is 0 Å². The van der Waals surface area contributed by atoms with Gasteiger partial charge in [0, 0.05) is 25.5 Å². The van der Waals surface area contributed by atoms with Gasteiger partial charge in [-0.05, 0) is 34.3 Å². The fourth-order valence-electron chi connectivity index (χ4n) is 2.01. The zero-order valence-electron chi connectivity index (χ0n) is 12.9. The molecule has 0 spiro atoms. The molecule has 0 bridgehead atoms. The Kier molecular flexibility index (Phi) is 4.91. The van der Waals surface area contributed by atoms with Crippen LogP contribution in [0.2, 0.25) is 0 Å². The second-order valence-corrected chi connectivity index (χ2v) is 6.39. The van der Waals surface area contributed by atoms with Crippen molar-refractivity contribution in [1.29, 1.82) is 0 Å². The molecule has 122 valence electrons. The normalized spacial score (nSPS) is 10.6. The van der Waals surface area contributed by atoms with Crippen molar-refractivity contribution in [3.8, 4) is 11.4 Å². The highest BCUT2D eigenvalue weighted by molar-refractivity contribution is 9.10. The summed E-state index contributed by atoms with van der Waals surface area (Å²) in [6.45, 7) is 0. The largest absolute Gasteiger partial charge is 0.305 e. The summed E-state index contributed by atoms with van der Waals surface area (Å²) in [5.41, 5.74) is 1.69. The quantitative estimate of drug-likeness (QED) is 0.531. The molecule has 0 saturated carbocycles. The Balaban J connectivity index is 1.86. The molecule has 0 fully saturated rings. The van der Waals surface area contributed by atoms with E-state index in [4.69, 9.17) is 0 Å². The number of halogens is 1. The molecule has 1 N–H and O–H groups in total. The molecule has 1 amide bonds. The molecular formula is C15H13BrN6OS. The number of thioether (sulfide) groups is 1. The first-order valence-corrected chi connectivity index (χ1v) is 8.93. The number of pyridine rings is 1. The number of nitrogens with one attached hydrogen (secondary N) is 1.